The van der Waals surface area contributed by atoms with Crippen LogP contribution in [0.4, 0.5) is 0 Å². The zero-order valence-electron chi connectivity index (χ0n) is 10.5. The lowest BCUT2D eigenvalue weighted by atomic mass is 10.0. The number of carbonyl (C=O) groups is 1. The van der Waals surface area contributed by atoms with E-state index in [2.05, 4.69) is 10.2 Å². The first-order valence-corrected chi connectivity index (χ1v) is 6.40. The average Bonchev–Trinajstić information content (AvgIpc) is 2.31. The predicted molar refractivity (Wildman–Crippen MR) is 66.1 cm³/mol. The average molecular weight is 227 g/mol. The van der Waals surface area contributed by atoms with Gasteiger partial charge in [-0.05, 0) is 19.3 Å². The van der Waals surface area contributed by atoms with Gasteiger partial charge in [-0.25, -0.2) is 0 Å². The molecule has 4 nitrogen and oxygen atoms in total. The van der Waals surface area contributed by atoms with Gasteiger partial charge in [0.2, 0.25) is 5.91 Å². The molecule has 0 saturated carbocycles. The molecule has 1 atom stereocenters. The number of likely N-dealkylation sites (tertiary alicyclic amines) is 1. The first kappa shape index (κ1) is 13.5. The van der Waals surface area contributed by atoms with Crippen LogP contribution in [0, 0.1) is 5.92 Å². The summed E-state index contributed by atoms with van der Waals surface area (Å²) in [7, 11) is 0. The van der Waals surface area contributed by atoms with Crippen LogP contribution < -0.4 is 11.1 Å². The van der Waals surface area contributed by atoms with Gasteiger partial charge in [-0.2, -0.15) is 0 Å². The van der Waals surface area contributed by atoms with Crippen molar-refractivity contribution in [1.29, 1.82) is 0 Å². The summed E-state index contributed by atoms with van der Waals surface area (Å²) in [5, 5.41) is 3.14. The standard InChI is InChI=1S/C12H25N3O/c1-3-10(2)12(16)14-11-4-7-15(8-5-11)9-6-13/h10-11H,3-9,13H2,1-2H3,(H,14,16). The number of piperidine rings is 1. The molecule has 3 N–H and O–H groups in total. The summed E-state index contributed by atoms with van der Waals surface area (Å²) in [5.41, 5.74) is 5.52. The fraction of sp³-hybridized carbons (Fsp3) is 0.917. The second kappa shape index (κ2) is 6.86. The van der Waals surface area contributed by atoms with Gasteiger partial charge in [0.25, 0.3) is 0 Å². The van der Waals surface area contributed by atoms with Crippen molar-refractivity contribution in [1.82, 2.24) is 10.2 Å². The molecule has 0 spiro atoms. The van der Waals surface area contributed by atoms with Gasteiger partial charge in [0.15, 0.2) is 0 Å². The van der Waals surface area contributed by atoms with E-state index in [-0.39, 0.29) is 11.8 Å². The molecule has 0 aromatic heterocycles. The second-order valence-corrected chi connectivity index (χ2v) is 4.72. The van der Waals surface area contributed by atoms with Crippen molar-refractivity contribution in [3.63, 3.8) is 0 Å². The van der Waals surface area contributed by atoms with Gasteiger partial charge < -0.3 is 16.0 Å². The molecule has 1 rings (SSSR count). The minimum absolute atomic E-state index is 0.141. The molecule has 0 radical (unpaired) electrons. The molecule has 0 bridgehead atoms. The maximum Gasteiger partial charge on any atom is 0.223 e. The highest BCUT2D eigenvalue weighted by molar-refractivity contribution is 5.78. The third-order valence-corrected chi connectivity index (χ3v) is 3.44. The Morgan fingerprint density at radius 2 is 2.12 bits per heavy atom. The van der Waals surface area contributed by atoms with Gasteiger partial charge in [-0.15, -0.1) is 0 Å². The topological polar surface area (TPSA) is 58.4 Å². The number of amides is 1. The lowest BCUT2D eigenvalue weighted by Gasteiger charge is -2.32. The third-order valence-electron chi connectivity index (χ3n) is 3.44. The molecule has 0 aromatic rings. The summed E-state index contributed by atoms with van der Waals surface area (Å²) >= 11 is 0. The Bertz CT molecular complexity index is 212. The molecule has 1 heterocycles. The van der Waals surface area contributed by atoms with E-state index in [0.717, 1.165) is 45.4 Å². The number of nitrogens with one attached hydrogen (secondary N) is 1. The highest BCUT2D eigenvalue weighted by atomic mass is 16.1. The van der Waals surface area contributed by atoms with Crippen LogP contribution in [0.3, 0.4) is 0 Å². The molecule has 1 amide bonds. The number of rotatable bonds is 5. The Morgan fingerprint density at radius 3 is 2.62 bits per heavy atom. The molecule has 94 valence electrons. The molecule has 1 aliphatic rings. The zero-order chi connectivity index (χ0) is 12.0. The molecule has 16 heavy (non-hydrogen) atoms. The normalized spacial score (nSPS) is 20.7. The Balaban J connectivity index is 2.24. The van der Waals surface area contributed by atoms with E-state index in [9.17, 15) is 4.79 Å². The summed E-state index contributed by atoms with van der Waals surface area (Å²) < 4.78 is 0. The Morgan fingerprint density at radius 1 is 1.50 bits per heavy atom. The number of nitrogens with two attached hydrogens (primary N) is 1. The van der Waals surface area contributed by atoms with Crippen molar-refractivity contribution in [3.05, 3.63) is 0 Å². The molecule has 1 unspecified atom stereocenters. The maximum absolute atomic E-state index is 11.7. The van der Waals surface area contributed by atoms with Gasteiger partial charge in [0.05, 0.1) is 0 Å². The second-order valence-electron chi connectivity index (χ2n) is 4.72. The van der Waals surface area contributed by atoms with Crippen molar-refractivity contribution >= 4 is 5.91 Å². The summed E-state index contributed by atoms with van der Waals surface area (Å²) in [6, 6.07) is 0.371. The van der Waals surface area contributed by atoms with Gasteiger partial charge in [-0.1, -0.05) is 13.8 Å². The van der Waals surface area contributed by atoms with Crippen LogP contribution in [0.15, 0.2) is 0 Å². The van der Waals surface area contributed by atoms with Crippen LogP contribution in [0.1, 0.15) is 33.1 Å². The minimum Gasteiger partial charge on any atom is -0.353 e. The van der Waals surface area contributed by atoms with Crippen molar-refractivity contribution in [2.75, 3.05) is 26.2 Å². The lowest BCUT2D eigenvalue weighted by molar-refractivity contribution is -0.125. The van der Waals surface area contributed by atoms with Crippen LogP contribution in [0.5, 0.6) is 0 Å². The summed E-state index contributed by atoms with van der Waals surface area (Å²) in [4.78, 5) is 14.1. The fourth-order valence-corrected chi connectivity index (χ4v) is 2.01. The van der Waals surface area contributed by atoms with Crippen molar-refractivity contribution < 1.29 is 4.79 Å². The SMILES string of the molecule is CCC(C)C(=O)NC1CCN(CCN)CC1. The number of hydrogen-bond acceptors (Lipinski definition) is 3. The molecule has 1 aliphatic heterocycles. The predicted octanol–water partition coefficient (Wildman–Crippen LogP) is 0.572. The van der Waals surface area contributed by atoms with Crippen molar-refractivity contribution in [3.8, 4) is 0 Å². The zero-order valence-corrected chi connectivity index (χ0v) is 10.5. The molecular weight excluding hydrogens is 202 g/mol. The van der Waals surface area contributed by atoms with Gasteiger partial charge in [0.1, 0.15) is 0 Å². The molecule has 4 heteroatoms. The minimum atomic E-state index is 0.141. The quantitative estimate of drug-likeness (QED) is 0.722. The Hall–Kier alpha value is -0.610. The van der Waals surface area contributed by atoms with E-state index in [1.165, 1.54) is 0 Å². The van der Waals surface area contributed by atoms with E-state index in [1.807, 2.05) is 13.8 Å². The number of carbonyl (C=O) groups excluding carboxylic acids is 1. The van der Waals surface area contributed by atoms with Crippen molar-refractivity contribution in [2.45, 2.75) is 39.2 Å². The first-order chi connectivity index (χ1) is 7.67. The van der Waals surface area contributed by atoms with Gasteiger partial charge >= 0.3 is 0 Å². The molecular formula is C12H25N3O. The van der Waals surface area contributed by atoms with E-state index in [4.69, 9.17) is 5.73 Å². The third kappa shape index (κ3) is 4.10. The highest BCUT2D eigenvalue weighted by Crippen LogP contribution is 2.11. The van der Waals surface area contributed by atoms with Crippen molar-refractivity contribution in [2.24, 2.45) is 11.7 Å². The largest absolute Gasteiger partial charge is 0.353 e. The molecule has 1 saturated heterocycles. The van der Waals surface area contributed by atoms with Crippen LogP contribution in [0.2, 0.25) is 0 Å². The molecule has 0 aliphatic carbocycles. The van der Waals surface area contributed by atoms with E-state index in [1.54, 1.807) is 0 Å². The lowest BCUT2D eigenvalue weighted by Crippen LogP contribution is -2.46. The van der Waals surface area contributed by atoms with E-state index < -0.39 is 0 Å². The first-order valence-electron chi connectivity index (χ1n) is 6.40. The Kier molecular flexibility index (Phi) is 5.77. The molecule has 1 fully saturated rings. The number of hydrogen-bond donors (Lipinski definition) is 2. The van der Waals surface area contributed by atoms with Crippen LogP contribution in [0.25, 0.3) is 0 Å². The van der Waals surface area contributed by atoms with Crippen LogP contribution in [-0.2, 0) is 4.79 Å². The van der Waals surface area contributed by atoms with E-state index in [0.29, 0.717) is 6.04 Å². The van der Waals surface area contributed by atoms with E-state index >= 15 is 0 Å². The molecule has 0 aromatic carbocycles. The monoisotopic (exact) mass is 227 g/mol. The summed E-state index contributed by atoms with van der Waals surface area (Å²) in [6.45, 7) is 7.86. The summed E-state index contributed by atoms with van der Waals surface area (Å²) in [6.07, 6.45) is 3.03. The summed E-state index contributed by atoms with van der Waals surface area (Å²) in [5.74, 6) is 0.349. The van der Waals surface area contributed by atoms with Gasteiger partial charge in [-0.3, -0.25) is 4.79 Å². The van der Waals surface area contributed by atoms with Crippen LogP contribution in [-0.4, -0.2) is 43.0 Å². The van der Waals surface area contributed by atoms with Gasteiger partial charge in [0, 0.05) is 38.1 Å². The van der Waals surface area contributed by atoms with Crippen LogP contribution >= 0.6 is 0 Å². The fourth-order valence-electron chi connectivity index (χ4n) is 2.01. The maximum atomic E-state index is 11.7. The highest BCUT2D eigenvalue weighted by Gasteiger charge is 2.21. The number of nitrogens with zero attached hydrogens (tertiary/aromatic N) is 1. The Labute approximate surface area is 98.6 Å². The smallest absolute Gasteiger partial charge is 0.223 e.